The lowest BCUT2D eigenvalue weighted by atomic mass is 10.2. The van der Waals surface area contributed by atoms with Crippen LogP contribution in [0.2, 0.25) is 0 Å². The van der Waals surface area contributed by atoms with Crippen molar-refractivity contribution < 1.29 is 33.5 Å². The van der Waals surface area contributed by atoms with Crippen molar-refractivity contribution in [3.8, 4) is 0 Å². The summed E-state index contributed by atoms with van der Waals surface area (Å²) in [7, 11) is 0. The Morgan fingerprint density at radius 2 is 1.46 bits per heavy atom. The Labute approximate surface area is 147 Å². The number of aromatic carboxylic acids is 1. The van der Waals surface area contributed by atoms with E-state index in [9.17, 15) is 24.0 Å². The van der Waals surface area contributed by atoms with Crippen LogP contribution >= 0.6 is 0 Å². The molecule has 0 atom stereocenters. The summed E-state index contributed by atoms with van der Waals surface area (Å²) in [6.07, 6.45) is 0.270. The minimum Gasteiger partial charge on any atom is -0.475 e. The highest BCUT2D eigenvalue weighted by molar-refractivity contribution is 6.04. The molecule has 0 aromatic carbocycles. The molecular weight excluding hydrogens is 346 g/mol. The molecule has 138 valence electrons. The Balaban J connectivity index is 1.54. The highest BCUT2D eigenvalue weighted by Crippen LogP contribution is 2.15. The Morgan fingerprint density at radius 1 is 0.923 bits per heavy atom. The van der Waals surface area contributed by atoms with Crippen molar-refractivity contribution in [3.63, 3.8) is 0 Å². The molecule has 2 aliphatic heterocycles. The standard InChI is InChI=1S/C16H17N3O7/c20-12-3-4-13(21)19(12)9-14(22)17-5-7-18(8-6-17)15(23)10-1-2-11(26-10)16(24)25/h1-2H,3-9H2,(H,24,25). The van der Waals surface area contributed by atoms with Crippen LogP contribution in [0.15, 0.2) is 16.5 Å². The second-order valence-corrected chi connectivity index (χ2v) is 6.02. The van der Waals surface area contributed by atoms with Crippen LogP contribution in [0.4, 0.5) is 0 Å². The van der Waals surface area contributed by atoms with Gasteiger partial charge in [-0.2, -0.15) is 0 Å². The Kier molecular flexibility index (Phi) is 4.74. The van der Waals surface area contributed by atoms with Crippen LogP contribution in [0.25, 0.3) is 0 Å². The first kappa shape index (κ1) is 17.6. The average molecular weight is 363 g/mol. The largest absolute Gasteiger partial charge is 0.475 e. The molecule has 4 amide bonds. The number of furan rings is 1. The average Bonchev–Trinajstić information content (AvgIpc) is 3.24. The van der Waals surface area contributed by atoms with Gasteiger partial charge >= 0.3 is 5.97 Å². The minimum atomic E-state index is -1.26. The van der Waals surface area contributed by atoms with E-state index in [1.807, 2.05) is 0 Å². The number of carboxylic acids is 1. The second-order valence-electron chi connectivity index (χ2n) is 6.02. The van der Waals surface area contributed by atoms with Crippen molar-refractivity contribution in [2.75, 3.05) is 32.7 Å². The van der Waals surface area contributed by atoms with Crippen LogP contribution in [0, 0.1) is 0 Å². The van der Waals surface area contributed by atoms with Crippen molar-refractivity contribution in [2.24, 2.45) is 0 Å². The quantitative estimate of drug-likeness (QED) is 0.708. The number of hydrogen-bond acceptors (Lipinski definition) is 6. The van der Waals surface area contributed by atoms with Gasteiger partial charge in [0, 0.05) is 39.0 Å². The number of carbonyl (C=O) groups excluding carboxylic acids is 4. The van der Waals surface area contributed by atoms with Crippen LogP contribution in [-0.2, 0) is 14.4 Å². The van der Waals surface area contributed by atoms with Crippen molar-refractivity contribution in [3.05, 3.63) is 23.7 Å². The number of likely N-dealkylation sites (tertiary alicyclic amines) is 1. The zero-order valence-electron chi connectivity index (χ0n) is 13.8. The summed E-state index contributed by atoms with van der Waals surface area (Å²) in [5.74, 6) is -3.13. The fourth-order valence-electron chi connectivity index (χ4n) is 2.92. The molecule has 3 heterocycles. The molecule has 0 aliphatic carbocycles. The van der Waals surface area contributed by atoms with Crippen molar-refractivity contribution in [2.45, 2.75) is 12.8 Å². The molecule has 1 aromatic rings. The summed E-state index contributed by atoms with van der Waals surface area (Å²) >= 11 is 0. The maximum atomic E-state index is 12.3. The monoisotopic (exact) mass is 363 g/mol. The SMILES string of the molecule is O=C(O)c1ccc(C(=O)N2CCN(C(=O)CN3C(=O)CCC3=O)CC2)o1. The highest BCUT2D eigenvalue weighted by Gasteiger charge is 2.33. The summed E-state index contributed by atoms with van der Waals surface area (Å²) in [4.78, 5) is 62.5. The number of hydrogen-bond donors (Lipinski definition) is 1. The molecule has 2 fully saturated rings. The van der Waals surface area contributed by atoms with Gasteiger partial charge in [-0.25, -0.2) is 4.79 Å². The lowest BCUT2D eigenvalue weighted by Crippen LogP contribution is -2.53. The van der Waals surface area contributed by atoms with Crippen molar-refractivity contribution in [1.29, 1.82) is 0 Å². The molecule has 0 unspecified atom stereocenters. The predicted octanol–water partition coefficient (Wildman–Crippen LogP) is -0.589. The normalized spacial score (nSPS) is 17.8. The topological polar surface area (TPSA) is 128 Å². The first-order chi connectivity index (χ1) is 12.4. The van der Waals surface area contributed by atoms with E-state index >= 15 is 0 Å². The summed E-state index contributed by atoms with van der Waals surface area (Å²) in [6.45, 7) is 0.734. The van der Waals surface area contributed by atoms with Gasteiger partial charge in [-0.15, -0.1) is 0 Å². The molecule has 3 rings (SSSR count). The molecule has 1 aromatic heterocycles. The molecule has 10 heteroatoms. The first-order valence-corrected chi connectivity index (χ1v) is 8.10. The van der Waals surface area contributed by atoms with E-state index < -0.39 is 11.9 Å². The van der Waals surface area contributed by atoms with Gasteiger partial charge in [-0.05, 0) is 12.1 Å². The molecule has 10 nitrogen and oxygen atoms in total. The van der Waals surface area contributed by atoms with Crippen molar-refractivity contribution in [1.82, 2.24) is 14.7 Å². The fraction of sp³-hybridized carbons (Fsp3) is 0.438. The fourth-order valence-corrected chi connectivity index (χ4v) is 2.92. The van der Waals surface area contributed by atoms with Crippen LogP contribution < -0.4 is 0 Å². The number of imide groups is 1. The van der Waals surface area contributed by atoms with E-state index in [4.69, 9.17) is 9.52 Å². The van der Waals surface area contributed by atoms with Crippen molar-refractivity contribution >= 4 is 29.6 Å². The van der Waals surface area contributed by atoms with Gasteiger partial charge in [0.05, 0.1) is 0 Å². The number of piperazine rings is 1. The number of amides is 4. The number of rotatable bonds is 4. The van der Waals surface area contributed by atoms with E-state index in [0.29, 0.717) is 0 Å². The molecule has 0 spiro atoms. The van der Waals surface area contributed by atoms with E-state index in [0.717, 1.165) is 4.90 Å². The summed E-state index contributed by atoms with van der Waals surface area (Å²) in [6, 6.07) is 2.51. The highest BCUT2D eigenvalue weighted by atomic mass is 16.4. The summed E-state index contributed by atoms with van der Waals surface area (Å²) in [5.41, 5.74) is 0. The molecule has 0 radical (unpaired) electrons. The van der Waals surface area contributed by atoms with Gasteiger partial charge in [-0.3, -0.25) is 24.1 Å². The molecular formula is C16H17N3O7. The zero-order valence-corrected chi connectivity index (χ0v) is 13.8. The van der Waals surface area contributed by atoms with Crippen LogP contribution in [0.5, 0.6) is 0 Å². The number of carboxylic acid groups (broad SMARTS) is 1. The van der Waals surface area contributed by atoms with Gasteiger partial charge in [0.25, 0.3) is 5.91 Å². The third kappa shape index (κ3) is 3.44. The molecule has 0 bridgehead atoms. The molecule has 2 saturated heterocycles. The Hall–Kier alpha value is -3.17. The lowest BCUT2D eigenvalue weighted by Gasteiger charge is -2.34. The van der Waals surface area contributed by atoms with E-state index in [1.54, 1.807) is 0 Å². The summed E-state index contributed by atoms with van der Waals surface area (Å²) in [5, 5.41) is 8.83. The third-order valence-corrected chi connectivity index (χ3v) is 4.40. The van der Waals surface area contributed by atoms with E-state index in [2.05, 4.69) is 0 Å². The van der Waals surface area contributed by atoms with E-state index in [-0.39, 0.29) is 74.8 Å². The van der Waals surface area contributed by atoms with Crippen LogP contribution in [0.1, 0.15) is 34.0 Å². The minimum absolute atomic E-state index is 0.0737. The van der Waals surface area contributed by atoms with Crippen LogP contribution in [0.3, 0.4) is 0 Å². The molecule has 2 aliphatic rings. The Bertz CT molecular complexity index is 761. The predicted molar refractivity (Wildman–Crippen MR) is 84.1 cm³/mol. The van der Waals surface area contributed by atoms with Gasteiger partial charge in [0.2, 0.25) is 23.5 Å². The number of nitrogens with zero attached hydrogens (tertiary/aromatic N) is 3. The van der Waals surface area contributed by atoms with Gasteiger partial charge in [0.15, 0.2) is 5.76 Å². The first-order valence-electron chi connectivity index (χ1n) is 8.10. The summed E-state index contributed by atoms with van der Waals surface area (Å²) < 4.78 is 4.99. The van der Waals surface area contributed by atoms with Gasteiger partial charge in [0.1, 0.15) is 6.54 Å². The Morgan fingerprint density at radius 3 is 2.00 bits per heavy atom. The lowest BCUT2D eigenvalue weighted by molar-refractivity contribution is -0.146. The number of carbonyl (C=O) groups is 5. The van der Waals surface area contributed by atoms with E-state index in [1.165, 1.54) is 21.9 Å². The smallest absolute Gasteiger partial charge is 0.371 e. The third-order valence-electron chi connectivity index (χ3n) is 4.40. The maximum absolute atomic E-state index is 12.3. The molecule has 0 saturated carbocycles. The molecule has 26 heavy (non-hydrogen) atoms. The molecule has 1 N–H and O–H groups in total. The maximum Gasteiger partial charge on any atom is 0.371 e. The van der Waals surface area contributed by atoms with Gasteiger partial charge in [-0.1, -0.05) is 0 Å². The van der Waals surface area contributed by atoms with Gasteiger partial charge < -0.3 is 19.3 Å². The second kappa shape index (κ2) is 6.98. The van der Waals surface area contributed by atoms with Crippen LogP contribution in [-0.4, -0.2) is 82.1 Å². The zero-order chi connectivity index (χ0) is 18.8.